The second kappa shape index (κ2) is 8.34. The van der Waals surface area contributed by atoms with Crippen LogP contribution >= 0.6 is 0 Å². The van der Waals surface area contributed by atoms with E-state index < -0.39 is 27.1 Å². The van der Waals surface area contributed by atoms with E-state index in [0.717, 1.165) is 18.2 Å². The molecule has 0 aromatic heterocycles. The summed E-state index contributed by atoms with van der Waals surface area (Å²) in [7, 11) is 0. The Kier molecular flexibility index (Phi) is 5.94. The Morgan fingerprint density at radius 3 is 2.37 bits per heavy atom. The number of nitrogens with zero attached hydrogens (tertiary/aromatic N) is 3. The molecule has 0 aliphatic rings. The number of nitrogens with one attached hydrogen (secondary N) is 1. The average molecular weight is 370 g/mol. The zero-order valence-electron chi connectivity index (χ0n) is 13.9. The van der Waals surface area contributed by atoms with Gasteiger partial charge in [-0.15, -0.1) is 6.58 Å². The number of carbonyl (C=O) groups is 1. The Hall–Kier alpha value is -4.08. The first kappa shape index (κ1) is 19.2. The zero-order chi connectivity index (χ0) is 20.0. The molecule has 0 heterocycles. The number of benzene rings is 2. The number of phenols is 1. The summed E-state index contributed by atoms with van der Waals surface area (Å²) in [6.45, 7) is 3.59. The molecule has 0 unspecified atom stereocenters. The van der Waals surface area contributed by atoms with Crippen LogP contribution in [0.4, 0.5) is 11.4 Å². The van der Waals surface area contributed by atoms with Gasteiger partial charge in [0, 0.05) is 17.7 Å². The molecular formula is C17H14N4O6. The van der Waals surface area contributed by atoms with Crippen molar-refractivity contribution in [1.29, 1.82) is 0 Å². The fourth-order valence-corrected chi connectivity index (χ4v) is 2.20. The highest BCUT2D eigenvalue weighted by Crippen LogP contribution is 2.23. The summed E-state index contributed by atoms with van der Waals surface area (Å²) in [5.74, 6) is -0.902. The lowest BCUT2D eigenvalue weighted by Gasteiger charge is -2.05. The number of hydrazone groups is 1. The van der Waals surface area contributed by atoms with Crippen molar-refractivity contribution >= 4 is 23.5 Å². The number of amides is 1. The smallest absolute Gasteiger partial charge is 0.277 e. The number of rotatable bonds is 7. The molecule has 0 atom stereocenters. The van der Waals surface area contributed by atoms with E-state index in [0.29, 0.717) is 17.5 Å². The molecule has 10 nitrogen and oxygen atoms in total. The summed E-state index contributed by atoms with van der Waals surface area (Å²) in [5, 5.41) is 35.5. The molecule has 2 aromatic carbocycles. The second-order valence-corrected chi connectivity index (χ2v) is 5.30. The Labute approximate surface area is 152 Å². The predicted molar refractivity (Wildman–Crippen MR) is 96.8 cm³/mol. The van der Waals surface area contributed by atoms with Gasteiger partial charge in [0.15, 0.2) is 0 Å². The highest BCUT2D eigenvalue weighted by atomic mass is 16.6. The van der Waals surface area contributed by atoms with Crippen LogP contribution in [0, 0.1) is 20.2 Å². The number of aromatic hydroxyl groups is 1. The average Bonchev–Trinajstić information content (AvgIpc) is 2.64. The lowest BCUT2D eigenvalue weighted by atomic mass is 10.1. The van der Waals surface area contributed by atoms with Crippen molar-refractivity contribution in [3.05, 3.63) is 86.0 Å². The minimum Gasteiger partial charge on any atom is -0.507 e. The van der Waals surface area contributed by atoms with E-state index in [4.69, 9.17) is 0 Å². The quantitative estimate of drug-likeness (QED) is 0.331. The second-order valence-electron chi connectivity index (χ2n) is 5.30. The van der Waals surface area contributed by atoms with Crippen LogP contribution in [0.25, 0.3) is 0 Å². The molecular weight excluding hydrogens is 356 g/mol. The number of para-hydroxylation sites is 1. The molecule has 0 radical (unpaired) electrons. The van der Waals surface area contributed by atoms with Gasteiger partial charge in [-0.05, 0) is 18.1 Å². The van der Waals surface area contributed by atoms with Gasteiger partial charge in [0.25, 0.3) is 17.3 Å². The van der Waals surface area contributed by atoms with Crippen LogP contribution in [0.2, 0.25) is 0 Å². The maximum absolute atomic E-state index is 12.1. The van der Waals surface area contributed by atoms with Crippen molar-refractivity contribution < 1.29 is 19.7 Å². The molecule has 2 N–H and O–H groups in total. The third kappa shape index (κ3) is 4.72. The SMILES string of the molecule is C=CCc1cccc(/C=N/NC(=O)c2cc([N+](=O)[O-])cc([N+](=O)[O-])c2)c1O. The van der Waals surface area contributed by atoms with Gasteiger partial charge in [0.1, 0.15) is 5.75 Å². The van der Waals surface area contributed by atoms with Crippen molar-refractivity contribution in [3.8, 4) is 5.75 Å². The van der Waals surface area contributed by atoms with E-state index in [1.54, 1.807) is 24.3 Å². The number of allylic oxidation sites excluding steroid dienone is 1. The first-order chi connectivity index (χ1) is 12.8. The van der Waals surface area contributed by atoms with Gasteiger partial charge >= 0.3 is 0 Å². The summed E-state index contributed by atoms with van der Waals surface area (Å²) in [5.41, 5.74) is 1.59. The maximum atomic E-state index is 12.1. The van der Waals surface area contributed by atoms with Gasteiger partial charge in [-0.25, -0.2) is 5.43 Å². The molecule has 0 bridgehead atoms. The Morgan fingerprint density at radius 1 is 1.19 bits per heavy atom. The summed E-state index contributed by atoms with van der Waals surface area (Å²) in [4.78, 5) is 32.1. The molecule has 0 saturated heterocycles. The van der Waals surface area contributed by atoms with Crippen LogP contribution in [-0.4, -0.2) is 27.1 Å². The van der Waals surface area contributed by atoms with Gasteiger partial charge in [-0.3, -0.25) is 25.0 Å². The molecule has 27 heavy (non-hydrogen) atoms. The molecule has 10 heteroatoms. The van der Waals surface area contributed by atoms with Crippen molar-refractivity contribution in [2.75, 3.05) is 0 Å². The van der Waals surface area contributed by atoms with Crippen LogP contribution in [-0.2, 0) is 6.42 Å². The highest BCUT2D eigenvalue weighted by molar-refractivity contribution is 5.96. The lowest BCUT2D eigenvalue weighted by molar-refractivity contribution is -0.394. The number of nitro benzene ring substituents is 2. The van der Waals surface area contributed by atoms with Gasteiger partial charge in [-0.1, -0.05) is 18.2 Å². The molecule has 2 aromatic rings. The van der Waals surface area contributed by atoms with E-state index in [9.17, 15) is 30.1 Å². The van der Waals surface area contributed by atoms with Gasteiger partial charge in [-0.2, -0.15) is 5.10 Å². The fourth-order valence-electron chi connectivity index (χ4n) is 2.20. The number of hydrogen-bond donors (Lipinski definition) is 2. The minimum atomic E-state index is -0.875. The number of non-ortho nitro benzene ring substituents is 2. The summed E-state index contributed by atoms with van der Waals surface area (Å²) in [6, 6.07) is 7.51. The van der Waals surface area contributed by atoms with Crippen LogP contribution < -0.4 is 5.43 Å². The van der Waals surface area contributed by atoms with E-state index in [2.05, 4.69) is 17.1 Å². The van der Waals surface area contributed by atoms with Crippen molar-refractivity contribution in [3.63, 3.8) is 0 Å². The topological polar surface area (TPSA) is 148 Å². The van der Waals surface area contributed by atoms with Crippen molar-refractivity contribution in [2.45, 2.75) is 6.42 Å². The first-order valence-corrected chi connectivity index (χ1v) is 7.52. The highest BCUT2D eigenvalue weighted by Gasteiger charge is 2.19. The summed E-state index contributed by atoms with van der Waals surface area (Å²) >= 11 is 0. The van der Waals surface area contributed by atoms with Gasteiger partial charge < -0.3 is 5.11 Å². The van der Waals surface area contributed by atoms with Crippen LogP contribution in [0.5, 0.6) is 5.75 Å². The van der Waals surface area contributed by atoms with Crippen LogP contribution in [0.1, 0.15) is 21.5 Å². The standard InChI is InChI=1S/C17H14N4O6/c1-2-4-11-5-3-6-12(16(11)22)10-18-19-17(23)13-7-14(20(24)25)9-15(8-13)21(26)27/h2-3,5-10,22H,1,4H2,(H,19,23)/b18-10+. The number of phenolic OH excluding ortho intramolecular Hbond substituents is 1. The molecule has 0 aliphatic heterocycles. The van der Waals surface area contributed by atoms with Crippen LogP contribution in [0.3, 0.4) is 0 Å². The summed E-state index contributed by atoms with van der Waals surface area (Å²) < 4.78 is 0. The Bertz CT molecular complexity index is 922. The molecule has 1 amide bonds. The fraction of sp³-hybridized carbons (Fsp3) is 0.0588. The minimum absolute atomic E-state index is 0.0265. The van der Waals surface area contributed by atoms with Crippen LogP contribution in [0.15, 0.2) is 54.2 Å². The normalized spacial score (nSPS) is 10.5. The van der Waals surface area contributed by atoms with Gasteiger partial charge in [0.05, 0.1) is 27.7 Å². The van der Waals surface area contributed by atoms with E-state index >= 15 is 0 Å². The molecule has 0 fully saturated rings. The summed E-state index contributed by atoms with van der Waals surface area (Å²) in [6.07, 6.45) is 3.25. The third-order valence-corrected chi connectivity index (χ3v) is 3.47. The van der Waals surface area contributed by atoms with E-state index in [1.807, 2.05) is 0 Å². The van der Waals surface area contributed by atoms with Crippen molar-refractivity contribution in [2.24, 2.45) is 5.10 Å². The van der Waals surface area contributed by atoms with Gasteiger partial charge in [0.2, 0.25) is 0 Å². The Balaban J connectivity index is 2.22. The van der Waals surface area contributed by atoms with Crippen molar-refractivity contribution in [1.82, 2.24) is 5.43 Å². The first-order valence-electron chi connectivity index (χ1n) is 7.52. The maximum Gasteiger partial charge on any atom is 0.277 e. The number of hydrogen-bond acceptors (Lipinski definition) is 7. The molecule has 138 valence electrons. The third-order valence-electron chi connectivity index (χ3n) is 3.47. The number of nitro groups is 2. The molecule has 0 spiro atoms. The Morgan fingerprint density at radius 2 is 1.81 bits per heavy atom. The lowest BCUT2D eigenvalue weighted by Crippen LogP contribution is -2.18. The number of carbonyl (C=O) groups excluding carboxylic acids is 1. The largest absolute Gasteiger partial charge is 0.507 e. The molecule has 0 saturated carbocycles. The molecule has 2 rings (SSSR count). The predicted octanol–water partition coefficient (Wildman–Crippen LogP) is 2.70. The van der Waals surface area contributed by atoms with E-state index in [1.165, 1.54) is 6.21 Å². The van der Waals surface area contributed by atoms with E-state index in [-0.39, 0.29) is 11.3 Å². The molecule has 0 aliphatic carbocycles. The monoisotopic (exact) mass is 370 g/mol. The zero-order valence-corrected chi connectivity index (χ0v) is 13.9.